The smallest absolute Gasteiger partial charge is 0.178 e. The fourth-order valence-electron chi connectivity index (χ4n) is 3.27. The molecule has 23 heavy (non-hydrogen) atoms. The Morgan fingerprint density at radius 1 is 1.13 bits per heavy atom. The molecular formula is C19H16O4. The highest BCUT2D eigenvalue weighted by atomic mass is 16.5. The molecule has 0 amide bonds. The second-order valence-electron chi connectivity index (χ2n) is 5.61. The fourth-order valence-corrected chi connectivity index (χ4v) is 3.27. The summed E-state index contributed by atoms with van der Waals surface area (Å²) in [7, 11) is 0. The lowest BCUT2D eigenvalue weighted by molar-refractivity contribution is 0.0835. The summed E-state index contributed by atoms with van der Waals surface area (Å²) < 4.78 is 11.7. The molecule has 1 aliphatic carbocycles. The molecule has 0 saturated carbocycles. The summed E-state index contributed by atoms with van der Waals surface area (Å²) in [5.41, 5.74) is 2.40. The molecule has 1 aliphatic heterocycles. The molecule has 0 radical (unpaired) electrons. The van der Waals surface area contributed by atoms with Crippen LogP contribution in [0.15, 0.2) is 48.5 Å². The molecule has 2 atom stereocenters. The van der Waals surface area contributed by atoms with Crippen LogP contribution in [0.3, 0.4) is 0 Å². The number of hydrogen-bond acceptors (Lipinski definition) is 4. The van der Waals surface area contributed by atoms with Gasteiger partial charge >= 0.3 is 0 Å². The maximum atomic E-state index is 13.0. The molecule has 0 aromatic heterocycles. The minimum absolute atomic E-state index is 0.0440. The van der Waals surface area contributed by atoms with E-state index >= 15 is 0 Å². The van der Waals surface area contributed by atoms with Crippen molar-refractivity contribution >= 4 is 11.9 Å². The molecule has 0 spiro atoms. The maximum Gasteiger partial charge on any atom is 0.178 e. The average molecular weight is 308 g/mol. The highest BCUT2D eigenvalue weighted by Gasteiger charge is 2.41. The van der Waals surface area contributed by atoms with Gasteiger partial charge in [-0.1, -0.05) is 30.3 Å². The SMILES string of the molecule is O=C1c2ccccc2OC2C=Cc3cccc(OCCO)c3C12. The number of ketones is 1. The van der Waals surface area contributed by atoms with Gasteiger partial charge in [0.15, 0.2) is 5.78 Å². The third-order valence-corrected chi connectivity index (χ3v) is 4.25. The van der Waals surface area contributed by atoms with Crippen LogP contribution in [0.2, 0.25) is 0 Å². The zero-order valence-corrected chi connectivity index (χ0v) is 12.4. The summed E-state index contributed by atoms with van der Waals surface area (Å²) in [6.45, 7) is 0.129. The lowest BCUT2D eigenvalue weighted by Crippen LogP contribution is -2.36. The summed E-state index contributed by atoms with van der Waals surface area (Å²) in [6, 6.07) is 13.0. The Morgan fingerprint density at radius 2 is 2.00 bits per heavy atom. The monoisotopic (exact) mass is 308 g/mol. The quantitative estimate of drug-likeness (QED) is 0.947. The summed E-state index contributed by atoms with van der Waals surface area (Å²) in [4.78, 5) is 13.0. The second kappa shape index (κ2) is 5.56. The molecular weight excluding hydrogens is 292 g/mol. The van der Waals surface area contributed by atoms with E-state index in [9.17, 15) is 4.79 Å². The predicted molar refractivity (Wildman–Crippen MR) is 86.0 cm³/mol. The first kappa shape index (κ1) is 14.0. The Kier molecular flexibility index (Phi) is 3.39. The van der Waals surface area contributed by atoms with Crippen LogP contribution < -0.4 is 9.47 Å². The van der Waals surface area contributed by atoms with Gasteiger partial charge in [0.2, 0.25) is 0 Å². The molecule has 4 rings (SSSR count). The van der Waals surface area contributed by atoms with Crippen LogP contribution in [0.5, 0.6) is 11.5 Å². The van der Waals surface area contributed by atoms with Gasteiger partial charge in [0.1, 0.15) is 24.2 Å². The van der Waals surface area contributed by atoms with Crippen LogP contribution in [0.4, 0.5) is 0 Å². The zero-order valence-electron chi connectivity index (χ0n) is 12.4. The molecule has 0 saturated heterocycles. The van der Waals surface area contributed by atoms with Crippen molar-refractivity contribution in [1.29, 1.82) is 0 Å². The van der Waals surface area contributed by atoms with E-state index in [2.05, 4.69) is 0 Å². The van der Waals surface area contributed by atoms with E-state index in [0.29, 0.717) is 17.1 Å². The van der Waals surface area contributed by atoms with Crippen molar-refractivity contribution in [3.05, 3.63) is 65.2 Å². The number of fused-ring (bicyclic) bond motifs is 4. The van der Waals surface area contributed by atoms with E-state index in [4.69, 9.17) is 14.6 Å². The highest BCUT2D eigenvalue weighted by Crippen LogP contribution is 2.44. The maximum absolute atomic E-state index is 13.0. The molecule has 0 bridgehead atoms. The first-order chi connectivity index (χ1) is 11.3. The number of benzene rings is 2. The van der Waals surface area contributed by atoms with Crippen molar-refractivity contribution in [3.63, 3.8) is 0 Å². The lowest BCUT2D eigenvalue weighted by Gasteiger charge is -2.35. The first-order valence-electron chi connectivity index (χ1n) is 7.64. The summed E-state index contributed by atoms with van der Waals surface area (Å²) in [5, 5.41) is 9.02. The Morgan fingerprint density at radius 3 is 2.87 bits per heavy atom. The largest absolute Gasteiger partial charge is 0.491 e. The van der Waals surface area contributed by atoms with E-state index in [0.717, 1.165) is 11.1 Å². The molecule has 1 N–H and O–H groups in total. The minimum Gasteiger partial charge on any atom is -0.491 e. The van der Waals surface area contributed by atoms with E-state index in [-0.39, 0.29) is 25.1 Å². The number of carbonyl (C=O) groups excluding carboxylic acids is 1. The van der Waals surface area contributed by atoms with Gasteiger partial charge < -0.3 is 14.6 Å². The van der Waals surface area contributed by atoms with Gasteiger partial charge in [-0.2, -0.15) is 0 Å². The third-order valence-electron chi connectivity index (χ3n) is 4.25. The van der Waals surface area contributed by atoms with Crippen LogP contribution in [0.25, 0.3) is 6.08 Å². The van der Waals surface area contributed by atoms with Gasteiger partial charge in [0.25, 0.3) is 0 Å². The normalized spacial score (nSPS) is 21.0. The highest BCUT2D eigenvalue weighted by molar-refractivity contribution is 6.06. The molecule has 0 fully saturated rings. The summed E-state index contributed by atoms with van der Waals surface area (Å²) in [5.74, 6) is 0.884. The van der Waals surface area contributed by atoms with Crippen molar-refractivity contribution in [2.75, 3.05) is 13.2 Å². The molecule has 4 heteroatoms. The van der Waals surface area contributed by atoms with Gasteiger partial charge in [0.05, 0.1) is 18.1 Å². The van der Waals surface area contributed by atoms with Gasteiger partial charge in [0, 0.05) is 5.56 Å². The predicted octanol–water partition coefficient (Wildman–Crippen LogP) is 2.81. The number of ether oxygens (including phenoxy) is 2. The van der Waals surface area contributed by atoms with Crippen LogP contribution in [-0.4, -0.2) is 30.2 Å². The molecule has 2 unspecified atom stereocenters. The topological polar surface area (TPSA) is 55.8 Å². The number of aliphatic hydroxyl groups is 1. The van der Waals surface area contributed by atoms with Crippen molar-refractivity contribution in [2.45, 2.75) is 12.0 Å². The van der Waals surface area contributed by atoms with E-state index < -0.39 is 5.92 Å². The average Bonchev–Trinajstić information content (AvgIpc) is 2.59. The number of para-hydroxylation sites is 1. The van der Waals surface area contributed by atoms with Gasteiger partial charge in [-0.15, -0.1) is 0 Å². The van der Waals surface area contributed by atoms with Crippen LogP contribution in [0, 0.1) is 0 Å². The van der Waals surface area contributed by atoms with E-state index in [1.54, 1.807) is 6.07 Å². The first-order valence-corrected chi connectivity index (χ1v) is 7.64. The van der Waals surface area contributed by atoms with Crippen molar-refractivity contribution in [1.82, 2.24) is 0 Å². The van der Waals surface area contributed by atoms with E-state index in [1.165, 1.54) is 0 Å². The summed E-state index contributed by atoms with van der Waals surface area (Å²) >= 11 is 0. The Labute approximate surface area is 134 Å². The van der Waals surface area contributed by atoms with Crippen molar-refractivity contribution in [2.24, 2.45) is 0 Å². The zero-order chi connectivity index (χ0) is 15.8. The van der Waals surface area contributed by atoms with E-state index in [1.807, 2.05) is 48.6 Å². The van der Waals surface area contributed by atoms with Crippen molar-refractivity contribution < 1.29 is 19.4 Å². The van der Waals surface area contributed by atoms with Gasteiger partial charge in [-0.25, -0.2) is 0 Å². The van der Waals surface area contributed by atoms with Crippen LogP contribution in [-0.2, 0) is 0 Å². The lowest BCUT2D eigenvalue weighted by atomic mass is 9.78. The number of hydrogen-bond donors (Lipinski definition) is 1. The van der Waals surface area contributed by atoms with Gasteiger partial charge in [-0.05, 0) is 29.8 Å². The molecule has 116 valence electrons. The molecule has 2 aromatic carbocycles. The van der Waals surface area contributed by atoms with Crippen molar-refractivity contribution in [3.8, 4) is 11.5 Å². The summed E-state index contributed by atoms with van der Waals surface area (Å²) in [6.07, 6.45) is 3.56. The Balaban J connectivity index is 1.83. The number of aliphatic hydroxyl groups excluding tert-OH is 1. The van der Waals surface area contributed by atoms with Crippen LogP contribution in [0.1, 0.15) is 27.4 Å². The molecule has 2 aliphatic rings. The molecule has 1 heterocycles. The number of carbonyl (C=O) groups is 1. The third kappa shape index (κ3) is 2.23. The van der Waals surface area contributed by atoms with Gasteiger partial charge in [-0.3, -0.25) is 4.79 Å². The fraction of sp³-hybridized carbons (Fsp3) is 0.211. The Hall–Kier alpha value is -2.59. The minimum atomic E-state index is -0.417. The Bertz CT molecular complexity index is 794. The number of Topliss-reactive ketones (excluding diaryl/α,β-unsaturated/α-hetero) is 1. The second-order valence-corrected chi connectivity index (χ2v) is 5.61. The number of rotatable bonds is 3. The molecule has 2 aromatic rings. The van der Waals surface area contributed by atoms with Crippen LogP contribution >= 0.6 is 0 Å². The standard InChI is InChI=1S/C19H16O4/c20-10-11-22-15-7-3-4-12-8-9-16-18(17(12)15)19(21)13-5-1-2-6-14(13)23-16/h1-9,16,18,20H,10-11H2. The molecule has 4 nitrogen and oxygen atoms in total.